The fourth-order valence-electron chi connectivity index (χ4n) is 2.07. The van der Waals surface area contributed by atoms with Gasteiger partial charge in [-0.15, -0.1) is 0 Å². The van der Waals surface area contributed by atoms with Gasteiger partial charge in [0.1, 0.15) is 18.1 Å². The molecule has 0 aliphatic rings. The molecule has 0 heterocycles. The summed E-state index contributed by atoms with van der Waals surface area (Å²) >= 11 is 5.87. The number of amides is 1. The first kappa shape index (κ1) is 20.5. The maximum Gasteiger partial charge on any atom is 0.416 e. The Kier molecular flexibility index (Phi) is 6.97. The highest BCUT2D eigenvalue weighted by molar-refractivity contribution is 6.31. The summed E-state index contributed by atoms with van der Waals surface area (Å²) in [6.07, 6.45) is -4.43. The largest absolute Gasteiger partial charge is 0.496 e. The Balaban J connectivity index is 1.85. The summed E-state index contributed by atoms with van der Waals surface area (Å²) in [6, 6.07) is 9.16. The second kappa shape index (κ2) is 9.19. The lowest BCUT2D eigenvalue weighted by Gasteiger charge is -2.08. The van der Waals surface area contributed by atoms with E-state index in [1.54, 1.807) is 12.1 Å². The average molecular weight is 398 g/mol. The lowest BCUT2D eigenvalue weighted by molar-refractivity contribution is -0.137. The number of benzene rings is 2. The van der Waals surface area contributed by atoms with Crippen LogP contribution in [0.3, 0.4) is 0 Å². The molecule has 1 amide bonds. The fourth-order valence-corrected chi connectivity index (χ4v) is 2.24. The van der Waals surface area contributed by atoms with E-state index in [9.17, 15) is 18.0 Å². The molecule has 0 fully saturated rings. The van der Waals surface area contributed by atoms with Crippen LogP contribution in [0.4, 0.5) is 13.2 Å². The number of ether oxygens (including phenoxy) is 2. The molecule has 0 atom stereocenters. The monoisotopic (exact) mass is 397 g/mol. The normalized spacial score (nSPS) is 10.6. The summed E-state index contributed by atoms with van der Waals surface area (Å²) in [4.78, 5) is 12.1. The average Bonchev–Trinajstić information content (AvgIpc) is 2.64. The van der Waals surface area contributed by atoms with Crippen molar-refractivity contribution in [3.05, 3.63) is 58.6 Å². The molecule has 8 heteroatoms. The molecule has 2 rings (SSSR count). The van der Waals surface area contributed by atoms with E-state index in [2.05, 4.69) is 17.2 Å². The number of carbonyl (C=O) groups is 1. The number of alkyl halides is 3. The Morgan fingerprint density at radius 1 is 1.19 bits per heavy atom. The molecule has 27 heavy (non-hydrogen) atoms. The van der Waals surface area contributed by atoms with Gasteiger partial charge in [0.2, 0.25) is 0 Å². The van der Waals surface area contributed by atoms with Crippen LogP contribution in [0, 0.1) is 11.8 Å². The van der Waals surface area contributed by atoms with Gasteiger partial charge in [-0.3, -0.25) is 4.79 Å². The number of methoxy groups -OCH3 is 1. The number of hydrogen-bond donors (Lipinski definition) is 1. The molecule has 2 aromatic rings. The van der Waals surface area contributed by atoms with Crippen LogP contribution < -0.4 is 14.8 Å². The molecule has 0 radical (unpaired) electrons. The van der Waals surface area contributed by atoms with E-state index in [1.807, 2.05) is 0 Å². The third-order valence-corrected chi connectivity index (χ3v) is 3.58. The van der Waals surface area contributed by atoms with Crippen molar-refractivity contribution >= 4 is 17.5 Å². The lowest BCUT2D eigenvalue weighted by atomic mass is 10.2. The van der Waals surface area contributed by atoms with Crippen LogP contribution in [0.25, 0.3) is 0 Å². The molecule has 0 spiro atoms. The molecule has 0 bridgehead atoms. The number of rotatable bonds is 5. The zero-order valence-corrected chi connectivity index (χ0v) is 14.9. The Morgan fingerprint density at radius 2 is 1.96 bits per heavy atom. The van der Waals surface area contributed by atoms with E-state index in [0.717, 1.165) is 12.1 Å². The highest BCUT2D eigenvalue weighted by atomic mass is 35.5. The van der Waals surface area contributed by atoms with E-state index in [0.29, 0.717) is 10.8 Å². The van der Waals surface area contributed by atoms with E-state index >= 15 is 0 Å². The van der Waals surface area contributed by atoms with Gasteiger partial charge >= 0.3 is 6.18 Å². The van der Waals surface area contributed by atoms with Crippen molar-refractivity contribution in [1.82, 2.24) is 5.32 Å². The SMILES string of the molecule is COc1ccc(Cl)cc1C(=O)NCC#CCOc1cccc(C(F)(F)F)c1. The van der Waals surface area contributed by atoms with Gasteiger partial charge in [-0.1, -0.05) is 29.5 Å². The summed E-state index contributed by atoms with van der Waals surface area (Å²) in [6.45, 7) is -0.0852. The first-order valence-electron chi connectivity index (χ1n) is 7.69. The molecule has 0 saturated heterocycles. The fraction of sp³-hybridized carbons (Fsp3) is 0.211. The van der Waals surface area contributed by atoms with Gasteiger partial charge in [0.25, 0.3) is 5.91 Å². The maximum absolute atomic E-state index is 12.6. The zero-order chi connectivity index (χ0) is 19.9. The molecule has 142 valence electrons. The Labute approximate surface area is 159 Å². The van der Waals surface area contributed by atoms with Gasteiger partial charge in [0.05, 0.1) is 24.8 Å². The summed E-state index contributed by atoms with van der Waals surface area (Å²) in [7, 11) is 1.44. The number of halogens is 4. The van der Waals surface area contributed by atoms with Crippen LogP contribution in [-0.4, -0.2) is 26.2 Å². The smallest absolute Gasteiger partial charge is 0.416 e. The minimum absolute atomic E-state index is 0.0282. The van der Waals surface area contributed by atoms with Crippen molar-refractivity contribution in [3.8, 4) is 23.3 Å². The number of nitrogens with one attached hydrogen (secondary N) is 1. The molecule has 0 unspecified atom stereocenters. The topological polar surface area (TPSA) is 47.6 Å². The second-order valence-electron chi connectivity index (χ2n) is 5.20. The second-order valence-corrected chi connectivity index (χ2v) is 5.63. The third kappa shape index (κ3) is 6.12. The molecule has 0 aliphatic heterocycles. The number of hydrogen-bond acceptors (Lipinski definition) is 3. The van der Waals surface area contributed by atoms with Crippen LogP contribution >= 0.6 is 11.6 Å². The Hall–Kier alpha value is -2.85. The van der Waals surface area contributed by atoms with Crippen LogP contribution in [0.5, 0.6) is 11.5 Å². The lowest BCUT2D eigenvalue weighted by Crippen LogP contribution is -2.24. The van der Waals surface area contributed by atoms with Crippen LogP contribution in [-0.2, 0) is 6.18 Å². The minimum atomic E-state index is -4.43. The third-order valence-electron chi connectivity index (χ3n) is 3.34. The first-order chi connectivity index (χ1) is 12.8. The molecular formula is C19H15ClF3NO3. The van der Waals surface area contributed by atoms with E-state index in [-0.39, 0.29) is 24.5 Å². The van der Waals surface area contributed by atoms with Crippen molar-refractivity contribution in [1.29, 1.82) is 0 Å². The quantitative estimate of drug-likeness (QED) is 0.770. The zero-order valence-electron chi connectivity index (χ0n) is 14.2. The highest BCUT2D eigenvalue weighted by Crippen LogP contribution is 2.31. The molecule has 2 aromatic carbocycles. The Bertz CT molecular complexity index is 872. The van der Waals surface area contributed by atoms with Crippen LogP contribution in [0.1, 0.15) is 15.9 Å². The predicted molar refractivity (Wildman–Crippen MR) is 95.1 cm³/mol. The van der Waals surface area contributed by atoms with Gasteiger partial charge in [0, 0.05) is 5.02 Å². The van der Waals surface area contributed by atoms with Gasteiger partial charge in [0.15, 0.2) is 0 Å². The molecule has 0 aliphatic carbocycles. The summed E-state index contributed by atoms with van der Waals surface area (Å²) in [5, 5.41) is 2.96. The van der Waals surface area contributed by atoms with Crippen molar-refractivity contribution in [2.45, 2.75) is 6.18 Å². The van der Waals surface area contributed by atoms with Crippen molar-refractivity contribution < 1.29 is 27.4 Å². The van der Waals surface area contributed by atoms with Gasteiger partial charge in [-0.2, -0.15) is 13.2 Å². The van der Waals surface area contributed by atoms with E-state index in [4.69, 9.17) is 21.1 Å². The minimum Gasteiger partial charge on any atom is -0.496 e. The molecular weight excluding hydrogens is 383 g/mol. The van der Waals surface area contributed by atoms with Crippen molar-refractivity contribution in [3.63, 3.8) is 0 Å². The summed E-state index contributed by atoms with van der Waals surface area (Å²) in [5.41, 5.74) is -0.525. The summed E-state index contributed by atoms with van der Waals surface area (Å²) < 4.78 is 48.1. The van der Waals surface area contributed by atoms with Gasteiger partial charge in [-0.05, 0) is 36.4 Å². The molecule has 4 nitrogen and oxygen atoms in total. The van der Waals surface area contributed by atoms with E-state index in [1.165, 1.54) is 25.3 Å². The van der Waals surface area contributed by atoms with Crippen LogP contribution in [0.2, 0.25) is 5.02 Å². The number of carbonyl (C=O) groups excluding carboxylic acids is 1. The molecule has 0 saturated carbocycles. The highest BCUT2D eigenvalue weighted by Gasteiger charge is 2.30. The van der Waals surface area contributed by atoms with Gasteiger partial charge in [-0.25, -0.2) is 0 Å². The molecule has 0 aromatic heterocycles. The molecule has 1 N–H and O–H groups in total. The maximum atomic E-state index is 12.6. The van der Waals surface area contributed by atoms with Crippen molar-refractivity contribution in [2.75, 3.05) is 20.3 Å². The van der Waals surface area contributed by atoms with E-state index < -0.39 is 17.6 Å². The first-order valence-corrected chi connectivity index (χ1v) is 8.06. The Morgan fingerprint density at radius 3 is 2.67 bits per heavy atom. The summed E-state index contributed by atoms with van der Waals surface area (Å²) in [5.74, 6) is 5.28. The van der Waals surface area contributed by atoms with Crippen molar-refractivity contribution in [2.24, 2.45) is 0 Å². The van der Waals surface area contributed by atoms with Gasteiger partial charge < -0.3 is 14.8 Å². The van der Waals surface area contributed by atoms with Crippen LogP contribution in [0.15, 0.2) is 42.5 Å². The standard InChI is InChI=1S/C19H15ClF3NO3/c1-26-17-8-7-14(20)12-16(17)18(25)24-9-2-3-10-27-15-6-4-5-13(11-15)19(21,22)23/h4-8,11-12H,9-10H2,1H3,(H,24,25). The predicted octanol–water partition coefficient (Wildman–Crippen LogP) is 4.18.